The topological polar surface area (TPSA) is 98.1 Å². The summed E-state index contributed by atoms with van der Waals surface area (Å²) in [4.78, 5) is 22.7. The number of allylic oxidation sites excluding steroid dienone is 5. The van der Waals surface area contributed by atoms with Gasteiger partial charge in [-0.3, -0.25) is 4.99 Å². The fourth-order valence-electron chi connectivity index (χ4n) is 8.75. The molecule has 6 aliphatic rings. The number of rotatable bonds is 2. The van der Waals surface area contributed by atoms with Crippen molar-refractivity contribution in [1.82, 2.24) is 9.97 Å². The zero-order valence-electron chi connectivity index (χ0n) is 27.4. The molecule has 0 amide bonds. The first-order chi connectivity index (χ1) is 25.1. The average Bonchev–Trinajstić information content (AvgIpc) is 3.68. The second-order valence-electron chi connectivity index (χ2n) is 13.8. The number of hydrogen-bond acceptors (Lipinski definition) is 6. The summed E-state index contributed by atoms with van der Waals surface area (Å²) in [7, 11) is 0. The van der Waals surface area contributed by atoms with Gasteiger partial charge in [0, 0.05) is 36.8 Å². The van der Waals surface area contributed by atoms with Crippen LogP contribution in [0.1, 0.15) is 75.9 Å². The highest BCUT2D eigenvalue weighted by Crippen LogP contribution is 2.56. The van der Waals surface area contributed by atoms with Crippen molar-refractivity contribution in [3.05, 3.63) is 170 Å². The minimum Gasteiger partial charge on any atom is -0.271 e. The van der Waals surface area contributed by atoms with Gasteiger partial charge in [0.05, 0.1) is 62.9 Å². The zero-order valence-corrected chi connectivity index (χ0v) is 29.5. The number of fused-ring (bicyclic) bond motifs is 8. The molecule has 238 valence electrons. The highest BCUT2D eigenvalue weighted by molar-refractivity contribution is 14.2. The number of hydrogen-bond donors (Lipinski definition) is 0. The largest absolute Gasteiger partial charge is 0.271 e. The molecule has 0 spiro atoms. The number of nitrogens with zero attached hydrogens (tertiary/aromatic N) is 6. The van der Waals surface area contributed by atoms with Gasteiger partial charge in [0.1, 0.15) is 11.7 Å². The Balaban J connectivity index is 1.27. The molecule has 0 saturated carbocycles. The molecule has 0 saturated heterocycles. The fraction of sp³-hybridized carbons (Fsp3) is 0.114. The van der Waals surface area contributed by atoms with E-state index < -0.39 is 11.5 Å². The maximum absolute atomic E-state index is 9.74. The Morgan fingerprint density at radius 2 is 1.51 bits per heavy atom. The molecule has 3 heterocycles. The third kappa shape index (κ3) is 3.76. The molecule has 0 fully saturated rings. The standard InChI is InChI=1S/C44H25IN6/c1-44(28-17-13-24(22-47)14-18-28)42-39(48-36-29-8-2-5-25-6-3-9-30(32(25)29)37(36)50-42)34(27-15-11-23(21-46)12-16-27)40-43(44)51-38-31-10-4-7-26-19-20-45-35(33(26)31)41(38)49-40/h2-3,5-6,8-20,42H,4,7H2,1H3. The van der Waals surface area contributed by atoms with E-state index in [1.165, 1.54) is 25.7 Å². The Hall–Kier alpha value is -5.90. The van der Waals surface area contributed by atoms with Crippen LogP contribution in [0.25, 0.3) is 25.5 Å². The van der Waals surface area contributed by atoms with Crippen LogP contribution in [-0.4, -0.2) is 31.4 Å². The molecule has 1 aromatic heterocycles. The van der Waals surface area contributed by atoms with E-state index in [1.807, 2.05) is 36.4 Å². The van der Waals surface area contributed by atoms with Gasteiger partial charge in [-0.2, -0.15) is 10.5 Å². The van der Waals surface area contributed by atoms with Crippen LogP contribution in [0.2, 0.25) is 0 Å². The highest BCUT2D eigenvalue weighted by Gasteiger charge is 2.52. The van der Waals surface area contributed by atoms with Gasteiger partial charge >= 0.3 is 0 Å². The van der Waals surface area contributed by atoms with E-state index in [2.05, 4.69) is 83.8 Å². The van der Waals surface area contributed by atoms with Gasteiger partial charge in [-0.25, -0.2) is 15.0 Å². The number of aromatic nitrogens is 2. The van der Waals surface area contributed by atoms with Gasteiger partial charge in [-0.1, -0.05) is 93.5 Å². The second-order valence-corrected chi connectivity index (χ2v) is 16.2. The molecule has 5 aromatic rings. The zero-order chi connectivity index (χ0) is 34.0. The lowest BCUT2D eigenvalue weighted by molar-refractivity contribution is 0.462. The van der Waals surface area contributed by atoms with Gasteiger partial charge in [0.15, 0.2) is 0 Å². The van der Waals surface area contributed by atoms with E-state index in [0.29, 0.717) is 11.1 Å². The normalized spacial score (nSPS) is 21.5. The van der Waals surface area contributed by atoms with Crippen LogP contribution in [0.4, 0.5) is 0 Å². The Labute approximate surface area is 304 Å². The predicted molar refractivity (Wildman–Crippen MR) is 210 cm³/mol. The molecule has 6 nitrogen and oxygen atoms in total. The van der Waals surface area contributed by atoms with Crippen molar-refractivity contribution in [3.8, 4) is 12.1 Å². The molecule has 2 aliphatic heterocycles. The van der Waals surface area contributed by atoms with E-state index in [-0.39, 0.29) is 20.7 Å². The lowest BCUT2D eigenvalue weighted by Gasteiger charge is -2.43. The van der Waals surface area contributed by atoms with Crippen molar-refractivity contribution in [2.45, 2.75) is 31.2 Å². The maximum atomic E-state index is 9.74. The summed E-state index contributed by atoms with van der Waals surface area (Å²) in [5, 5.41) is 21.8. The maximum Gasteiger partial charge on any atom is 0.108 e. The molecule has 2 atom stereocenters. The number of benzene rings is 4. The van der Waals surface area contributed by atoms with Crippen molar-refractivity contribution in [2.75, 3.05) is 0 Å². The summed E-state index contributed by atoms with van der Waals surface area (Å²) in [6.45, 7) is 2.23. The molecular weight excluding hydrogens is 739 g/mol. The minimum absolute atomic E-state index is 0.378. The summed E-state index contributed by atoms with van der Waals surface area (Å²) in [6, 6.07) is 32.6. The van der Waals surface area contributed by atoms with E-state index >= 15 is 0 Å². The summed E-state index contributed by atoms with van der Waals surface area (Å²) in [5.74, 6) is 0. The van der Waals surface area contributed by atoms with Gasteiger partial charge < -0.3 is 0 Å². The summed E-state index contributed by atoms with van der Waals surface area (Å²) in [6.07, 6.45) is 6.70. The molecule has 0 bridgehead atoms. The Morgan fingerprint density at radius 3 is 2.25 bits per heavy atom. The van der Waals surface area contributed by atoms with Gasteiger partial charge in [0.2, 0.25) is 0 Å². The number of halogens is 1. The summed E-state index contributed by atoms with van der Waals surface area (Å²) in [5.41, 5.74) is 15.6. The molecule has 11 rings (SSSR count). The molecule has 51 heavy (non-hydrogen) atoms. The van der Waals surface area contributed by atoms with Crippen LogP contribution < -0.4 is 0 Å². The molecule has 4 aliphatic carbocycles. The van der Waals surface area contributed by atoms with Crippen LogP contribution in [-0.2, 0) is 5.41 Å². The Bertz CT molecular complexity index is 2810. The van der Waals surface area contributed by atoms with Crippen molar-refractivity contribution in [2.24, 2.45) is 9.98 Å². The first-order valence-corrected chi connectivity index (χ1v) is 19.4. The lowest BCUT2D eigenvalue weighted by Crippen LogP contribution is -2.45. The van der Waals surface area contributed by atoms with Crippen LogP contribution >= 0.6 is 20.7 Å². The predicted octanol–water partition coefficient (Wildman–Crippen LogP) is 8.74. The minimum atomic E-state index is -0.778. The van der Waals surface area contributed by atoms with Gasteiger partial charge in [0.25, 0.3) is 0 Å². The Morgan fingerprint density at radius 1 is 0.784 bits per heavy atom. The van der Waals surface area contributed by atoms with Crippen molar-refractivity contribution < 1.29 is 0 Å². The monoisotopic (exact) mass is 764 g/mol. The van der Waals surface area contributed by atoms with Crippen LogP contribution in [0.5, 0.6) is 0 Å². The second kappa shape index (κ2) is 10.3. The third-order valence-electron chi connectivity index (χ3n) is 11.2. The van der Waals surface area contributed by atoms with E-state index in [9.17, 15) is 10.5 Å². The molecule has 4 aromatic carbocycles. The summed E-state index contributed by atoms with van der Waals surface area (Å²) < 4.78 is 3.72. The van der Waals surface area contributed by atoms with E-state index in [0.717, 1.165) is 86.0 Å². The lowest BCUT2D eigenvalue weighted by atomic mass is 9.66. The van der Waals surface area contributed by atoms with Gasteiger partial charge in [-0.05, 0) is 70.1 Å². The first-order valence-electron chi connectivity index (χ1n) is 17.1. The Kier molecular flexibility index (Phi) is 5.85. The van der Waals surface area contributed by atoms with Crippen LogP contribution in [0.3, 0.4) is 0 Å². The highest BCUT2D eigenvalue weighted by atomic mass is 127. The molecular formula is C44H25IN6. The van der Waals surface area contributed by atoms with Gasteiger partial charge in [-0.15, -0.1) is 0 Å². The first kappa shape index (κ1) is 28.9. The van der Waals surface area contributed by atoms with Crippen molar-refractivity contribution in [3.63, 3.8) is 0 Å². The molecule has 7 heteroatoms. The van der Waals surface area contributed by atoms with Crippen molar-refractivity contribution >= 4 is 61.7 Å². The molecule has 2 unspecified atom stereocenters. The average molecular weight is 765 g/mol. The molecule has 0 radical (unpaired) electrons. The van der Waals surface area contributed by atoms with Crippen molar-refractivity contribution in [1.29, 1.82) is 10.5 Å². The number of aliphatic imine (C=N–C) groups is 2. The molecule has 0 N–H and O–H groups in total. The van der Waals surface area contributed by atoms with Crippen LogP contribution in [0, 0.1) is 22.7 Å². The van der Waals surface area contributed by atoms with Crippen LogP contribution in [0.15, 0.2) is 124 Å². The van der Waals surface area contributed by atoms with E-state index in [1.54, 1.807) is 0 Å². The fourth-order valence-corrected chi connectivity index (χ4v) is 11.3. The smallest absolute Gasteiger partial charge is 0.108 e. The van der Waals surface area contributed by atoms with E-state index in [4.69, 9.17) is 20.0 Å². The summed E-state index contributed by atoms with van der Waals surface area (Å²) >= 11 is -0.378. The third-order valence-corrected chi connectivity index (χ3v) is 13.6. The SMILES string of the molecule is CC1(c2ccc(C#N)cc2)c2nc3c(nc2C(c2ccc(C#N)cc2)=C2N=C4C(=NC21)c1cccc2cccc4c12)C1=C2C(=CC=I1)CCC=C23. The quantitative estimate of drug-likeness (QED) is 0.168. The number of nitriles is 2.